The number of rotatable bonds is 5. The molecule has 1 nitrogen and oxygen atoms in total. The Morgan fingerprint density at radius 1 is 0.692 bits per heavy atom. The second-order valence-electron chi connectivity index (χ2n) is 6.89. The van der Waals surface area contributed by atoms with Gasteiger partial charge < -0.3 is 0 Å². The molecule has 0 amide bonds. The molecule has 26 heavy (non-hydrogen) atoms. The lowest BCUT2D eigenvalue weighted by Gasteiger charge is -2.10. The first-order valence-electron chi connectivity index (χ1n) is 9.30. The van der Waals surface area contributed by atoms with E-state index in [1.807, 2.05) is 0 Å². The molecule has 0 radical (unpaired) electrons. The summed E-state index contributed by atoms with van der Waals surface area (Å²) >= 11 is 0. The van der Waals surface area contributed by atoms with E-state index in [0.29, 0.717) is 0 Å². The summed E-state index contributed by atoms with van der Waals surface area (Å²) in [6.07, 6.45) is 2.00. The molecule has 0 bridgehead atoms. The van der Waals surface area contributed by atoms with Gasteiger partial charge in [0, 0.05) is 23.9 Å². The van der Waals surface area contributed by atoms with Gasteiger partial charge in [-0.1, -0.05) is 72.8 Å². The quantitative estimate of drug-likeness (QED) is 0.437. The van der Waals surface area contributed by atoms with Crippen LogP contribution < -0.4 is 4.57 Å². The monoisotopic (exact) mass is 338 g/mol. The van der Waals surface area contributed by atoms with Gasteiger partial charge in [-0.3, -0.25) is 0 Å². The molecule has 0 N–H and O–H groups in total. The summed E-state index contributed by atoms with van der Waals surface area (Å²) in [7, 11) is 0. The average Bonchev–Trinajstić information content (AvgIpc) is 2.69. The lowest BCUT2D eigenvalue weighted by molar-refractivity contribution is -0.678. The second kappa shape index (κ2) is 7.53. The average molecular weight is 338 g/mol. The third kappa shape index (κ3) is 3.52. The van der Waals surface area contributed by atoms with E-state index in [-0.39, 0.29) is 0 Å². The highest BCUT2D eigenvalue weighted by molar-refractivity contribution is 5.79. The highest BCUT2D eigenvalue weighted by Gasteiger charge is 2.18. The van der Waals surface area contributed by atoms with Crippen LogP contribution in [-0.4, -0.2) is 0 Å². The number of fused-ring (bicyclic) bond motifs is 1. The van der Waals surface area contributed by atoms with Gasteiger partial charge in [0.2, 0.25) is 5.52 Å². The summed E-state index contributed by atoms with van der Waals surface area (Å²) in [5, 5.41) is 1.34. The highest BCUT2D eigenvalue weighted by Crippen LogP contribution is 2.18. The lowest BCUT2D eigenvalue weighted by Crippen LogP contribution is -2.40. The van der Waals surface area contributed by atoms with E-state index < -0.39 is 0 Å². The van der Waals surface area contributed by atoms with E-state index in [2.05, 4.69) is 102 Å². The van der Waals surface area contributed by atoms with Crippen LogP contribution >= 0.6 is 0 Å². The van der Waals surface area contributed by atoms with Crippen molar-refractivity contribution < 1.29 is 4.57 Å². The summed E-state index contributed by atoms with van der Waals surface area (Å²) in [6.45, 7) is 3.21. The molecule has 0 saturated carbocycles. The lowest BCUT2D eigenvalue weighted by atomic mass is 10.0. The first kappa shape index (κ1) is 16.5. The third-order valence-electron chi connectivity index (χ3n) is 5.04. The molecule has 0 fully saturated rings. The fourth-order valence-electron chi connectivity index (χ4n) is 3.70. The van der Waals surface area contributed by atoms with Crippen molar-refractivity contribution in [2.75, 3.05) is 0 Å². The Bertz CT molecular complexity index is 1000. The molecule has 0 aliphatic carbocycles. The van der Waals surface area contributed by atoms with Gasteiger partial charge in [-0.2, -0.15) is 4.57 Å². The van der Waals surface area contributed by atoms with E-state index >= 15 is 0 Å². The maximum absolute atomic E-state index is 2.50. The van der Waals surface area contributed by atoms with Gasteiger partial charge in [0.15, 0.2) is 12.2 Å². The smallest absolute Gasteiger partial charge is 0.195 e. The van der Waals surface area contributed by atoms with Crippen LogP contribution in [0.15, 0.2) is 91.0 Å². The van der Waals surface area contributed by atoms with Crippen LogP contribution in [0, 0.1) is 6.92 Å². The molecule has 1 heteroatoms. The summed E-state index contributed by atoms with van der Waals surface area (Å²) < 4.78 is 2.50. The molecule has 0 aliphatic rings. The van der Waals surface area contributed by atoms with Crippen LogP contribution in [0.5, 0.6) is 0 Å². The number of hydrogen-bond donors (Lipinski definition) is 0. The standard InChI is InChI=1S/C25H24N/c1-20-18-23(19-22-12-6-3-7-13-22)26(25-15-9-8-14-24(20)25)17-16-21-10-4-2-5-11-21/h2-15,18H,16-17,19H2,1H3/q+1. The molecule has 1 aromatic heterocycles. The zero-order valence-corrected chi connectivity index (χ0v) is 15.2. The van der Waals surface area contributed by atoms with E-state index in [0.717, 1.165) is 19.4 Å². The number of nitrogens with zero attached hydrogens (tertiary/aromatic N) is 1. The fourth-order valence-corrected chi connectivity index (χ4v) is 3.70. The molecular formula is C25H24N+. The van der Waals surface area contributed by atoms with Crippen molar-refractivity contribution in [2.45, 2.75) is 26.3 Å². The molecular weight excluding hydrogens is 314 g/mol. The Labute approximate surface area is 155 Å². The van der Waals surface area contributed by atoms with E-state index in [9.17, 15) is 0 Å². The van der Waals surface area contributed by atoms with Crippen LogP contribution in [0.2, 0.25) is 0 Å². The van der Waals surface area contributed by atoms with Gasteiger partial charge in [0.25, 0.3) is 0 Å². The van der Waals surface area contributed by atoms with E-state index in [4.69, 9.17) is 0 Å². The minimum absolute atomic E-state index is 0.960. The van der Waals surface area contributed by atoms with Crippen molar-refractivity contribution in [3.63, 3.8) is 0 Å². The minimum atomic E-state index is 0.960. The number of hydrogen-bond acceptors (Lipinski definition) is 0. The highest BCUT2D eigenvalue weighted by atomic mass is 15.0. The molecule has 0 spiro atoms. The minimum Gasteiger partial charge on any atom is -0.195 e. The zero-order chi connectivity index (χ0) is 17.8. The maximum atomic E-state index is 2.50. The van der Waals surface area contributed by atoms with Crippen molar-refractivity contribution in [1.82, 2.24) is 0 Å². The number of aromatic nitrogens is 1. The van der Waals surface area contributed by atoms with Crippen molar-refractivity contribution in [2.24, 2.45) is 0 Å². The molecule has 0 unspecified atom stereocenters. The van der Waals surface area contributed by atoms with Crippen molar-refractivity contribution in [3.05, 3.63) is 113 Å². The molecule has 4 aromatic rings. The van der Waals surface area contributed by atoms with Crippen LogP contribution in [0.25, 0.3) is 10.9 Å². The van der Waals surface area contributed by atoms with Gasteiger partial charge in [0.05, 0.1) is 6.42 Å². The number of para-hydroxylation sites is 1. The molecule has 0 aliphatic heterocycles. The van der Waals surface area contributed by atoms with E-state index in [1.54, 1.807) is 0 Å². The normalized spacial score (nSPS) is 11.0. The first-order valence-corrected chi connectivity index (χ1v) is 9.30. The Morgan fingerprint density at radius 3 is 2.04 bits per heavy atom. The van der Waals surface area contributed by atoms with Crippen molar-refractivity contribution in [3.8, 4) is 0 Å². The maximum Gasteiger partial charge on any atom is 0.212 e. The number of aryl methyl sites for hydroxylation is 3. The summed E-state index contributed by atoms with van der Waals surface area (Å²) in [6, 6.07) is 32.6. The molecule has 4 rings (SSSR count). The zero-order valence-electron chi connectivity index (χ0n) is 15.2. The Hall–Kier alpha value is -2.93. The SMILES string of the molecule is Cc1cc(Cc2ccccc2)[n+](CCc2ccccc2)c2ccccc12. The topological polar surface area (TPSA) is 3.88 Å². The largest absolute Gasteiger partial charge is 0.212 e. The van der Waals surface area contributed by atoms with Crippen LogP contribution in [0.3, 0.4) is 0 Å². The van der Waals surface area contributed by atoms with Crippen LogP contribution in [0.4, 0.5) is 0 Å². The summed E-state index contributed by atoms with van der Waals surface area (Å²) in [4.78, 5) is 0. The molecule has 128 valence electrons. The van der Waals surface area contributed by atoms with Crippen LogP contribution in [0.1, 0.15) is 22.4 Å². The third-order valence-corrected chi connectivity index (χ3v) is 5.04. The van der Waals surface area contributed by atoms with Gasteiger partial charge in [-0.25, -0.2) is 0 Å². The van der Waals surface area contributed by atoms with Gasteiger partial charge >= 0.3 is 0 Å². The van der Waals surface area contributed by atoms with Crippen molar-refractivity contribution in [1.29, 1.82) is 0 Å². The number of benzene rings is 3. The van der Waals surface area contributed by atoms with Gasteiger partial charge in [-0.05, 0) is 29.7 Å². The Balaban J connectivity index is 1.76. The molecule has 0 atom stereocenters. The van der Waals surface area contributed by atoms with Crippen LogP contribution in [-0.2, 0) is 19.4 Å². The fraction of sp³-hybridized carbons (Fsp3) is 0.160. The summed E-state index contributed by atoms with van der Waals surface area (Å²) in [5.41, 5.74) is 6.80. The Kier molecular flexibility index (Phi) is 4.79. The number of pyridine rings is 1. The predicted octanol–water partition coefficient (Wildman–Crippen LogP) is 5.27. The molecule has 1 heterocycles. The van der Waals surface area contributed by atoms with E-state index in [1.165, 1.54) is 33.3 Å². The summed E-state index contributed by atoms with van der Waals surface area (Å²) in [5.74, 6) is 0. The van der Waals surface area contributed by atoms with Gasteiger partial charge in [-0.15, -0.1) is 0 Å². The molecule has 0 saturated heterocycles. The van der Waals surface area contributed by atoms with Gasteiger partial charge in [0.1, 0.15) is 0 Å². The first-order chi connectivity index (χ1) is 12.8. The van der Waals surface area contributed by atoms with Crippen molar-refractivity contribution >= 4 is 10.9 Å². The predicted molar refractivity (Wildman–Crippen MR) is 108 cm³/mol. The second-order valence-corrected chi connectivity index (χ2v) is 6.89. The Morgan fingerprint density at radius 2 is 1.31 bits per heavy atom. The molecule has 3 aromatic carbocycles.